The minimum Gasteiger partial charge on any atom is -0.0799 e. The standard InChI is InChI=1S/C17H20/c1-13(2)16-9-4-5-10-17(16)15-8-6-7-14(3)11-12-15/h4-6,8-13H,7H2,1-3H3. The molecule has 0 fully saturated rings. The maximum absolute atomic E-state index is 2.25. The lowest BCUT2D eigenvalue weighted by atomic mass is 9.92. The van der Waals surface area contributed by atoms with E-state index in [4.69, 9.17) is 0 Å². The maximum atomic E-state index is 2.25. The summed E-state index contributed by atoms with van der Waals surface area (Å²) in [6.07, 6.45) is 10.0. The highest BCUT2D eigenvalue weighted by molar-refractivity contribution is 5.78. The van der Waals surface area contributed by atoms with E-state index in [1.165, 1.54) is 22.3 Å². The van der Waals surface area contributed by atoms with Crippen LogP contribution in [0.3, 0.4) is 0 Å². The summed E-state index contributed by atoms with van der Waals surface area (Å²) in [4.78, 5) is 0. The van der Waals surface area contributed by atoms with Gasteiger partial charge in [-0.3, -0.25) is 0 Å². The SMILES string of the molecule is CC1=CC=C(c2ccccc2C(C)C)C=CC1. The fraction of sp³-hybridized carbons (Fsp3) is 0.294. The Morgan fingerprint density at radius 3 is 2.59 bits per heavy atom. The minimum absolute atomic E-state index is 0.564. The van der Waals surface area contributed by atoms with Crippen molar-refractivity contribution in [3.05, 3.63) is 65.3 Å². The Balaban J connectivity index is 2.47. The fourth-order valence-electron chi connectivity index (χ4n) is 2.17. The van der Waals surface area contributed by atoms with Gasteiger partial charge in [0.15, 0.2) is 0 Å². The predicted octanol–water partition coefficient (Wildman–Crippen LogP) is 5.10. The van der Waals surface area contributed by atoms with Gasteiger partial charge in [0.25, 0.3) is 0 Å². The normalized spacial score (nSPS) is 15.5. The van der Waals surface area contributed by atoms with Gasteiger partial charge in [0.2, 0.25) is 0 Å². The topological polar surface area (TPSA) is 0 Å². The van der Waals surface area contributed by atoms with Gasteiger partial charge in [-0.25, -0.2) is 0 Å². The van der Waals surface area contributed by atoms with E-state index in [1.807, 2.05) is 0 Å². The first-order chi connectivity index (χ1) is 8.18. The Morgan fingerprint density at radius 1 is 1.06 bits per heavy atom. The van der Waals surface area contributed by atoms with Crippen LogP contribution in [0.25, 0.3) is 5.57 Å². The van der Waals surface area contributed by atoms with Gasteiger partial charge in [-0.1, -0.05) is 68.0 Å². The van der Waals surface area contributed by atoms with E-state index in [9.17, 15) is 0 Å². The van der Waals surface area contributed by atoms with Crippen molar-refractivity contribution in [1.29, 1.82) is 0 Å². The van der Waals surface area contributed by atoms with Gasteiger partial charge in [0.05, 0.1) is 0 Å². The molecule has 0 spiro atoms. The van der Waals surface area contributed by atoms with Crippen molar-refractivity contribution in [2.24, 2.45) is 0 Å². The van der Waals surface area contributed by atoms with Crippen LogP contribution in [0.5, 0.6) is 0 Å². The third-order valence-corrected chi connectivity index (χ3v) is 3.18. The number of benzene rings is 1. The molecule has 1 aliphatic rings. The molecule has 2 rings (SSSR count). The van der Waals surface area contributed by atoms with E-state index < -0.39 is 0 Å². The molecule has 0 saturated heterocycles. The van der Waals surface area contributed by atoms with Crippen LogP contribution in [0.15, 0.2) is 54.1 Å². The molecule has 0 nitrogen and oxygen atoms in total. The second-order valence-electron chi connectivity index (χ2n) is 4.98. The molecule has 0 atom stereocenters. The predicted molar refractivity (Wildman–Crippen MR) is 76.0 cm³/mol. The minimum atomic E-state index is 0.564. The molecular weight excluding hydrogens is 204 g/mol. The highest BCUT2D eigenvalue weighted by Crippen LogP contribution is 2.28. The largest absolute Gasteiger partial charge is 0.0799 e. The molecule has 17 heavy (non-hydrogen) atoms. The molecule has 0 unspecified atom stereocenters. The van der Waals surface area contributed by atoms with Crippen molar-refractivity contribution in [3.8, 4) is 0 Å². The lowest BCUT2D eigenvalue weighted by molar-refractivity contribution is 0.863. The Hall–Kier alpha value is -1.56. The molecule has 0 heteroatoms. The van der Waals surface area contributed by atoms with Crippen molar-refractivity contribution < 1.29 is 0 Å². The molecule has 0 N–H and O–H groups in total. The van der Waals surface area contributed by atoms with Gasteiger partial charge in [-0.15, -0.1) is 0 Å². The average molecular weight is 224 g/mol. The maximum Gasteiger partial charge on any atom is -0.0135 e. The van der Waals surface area contributed by atoms with Crippen molar-refractivity contribution in [2.75, 3.05) is 0 Å². The zero-order valence-corrected chi connectivity index (χ0v) is 10.9. The summed E-state index contributed by atoms with van der Waals surface area (Å²) in [5.41, 5.74) is 5.53. The number of hydrogen-bond acceptors (Lipinski definition) is 0. The molecule has 0 aromatic heterocycles. The van der Waals surface area contributed by atoms with Gasteiger partial charge >= 0.3 is 0 Å². The number of rotatable bonds is 2. The molecule has 0 aliphatic heterocycles. The molecule has 1 aliphatic carbocycles. The first-order valence-corrected chi connectivity index (χ1v) is 6.32. The summed E-state index contributed by atoms with van der Waals surface area (Å²) in [5.74, 6) is 0.564. The van der Waals surface area contributed by atoms with Crippen LogP contribution in [-0.4, -0.2) is 0 Å². The van der Waals surface area contributed by atoms with Crippen molar-refractivity contribution in [2.45, 2.75) is 33.1 Å². The fourth-order valence-corrected chi connectivity index (χ4v) is 2.17. The molecule has 0 heterocycles. The molecule has 88 valence electrons. The highest BCUT2D eigenvalue weighted by Gasteiger charge is 2.08. The molecule has 1 aromatic rings. The van der Waals surface area contributed by atoms with Gasteiger partial charge in [0.1, 0.15) is 0 Å². The smallest absolute Gasteiger partial charge is 0.0135 e. The van der Waals surface area contributed by atoms with Crippen LogP contribution in [0, 0.1) is 0 Å². The van der Waals surface area contributed by atoms with E-state index in [0.29, 0.717) is 5.92 Å². The quantitative estimate of drug-likeness (QED) is 0.655. The first kappa shape index (κ1) is 11.9. The summed E-state index contributed by atoms with van der Waals surface area (Å²) in [5, 5.41) is 0. The first-order valence-electron chi connectivity index (χ1n) is 6.32. The lowest BCUT2D eigenvalue weighted by Crippen LogP contribution is -1.94. The van der Waals surface area contributed by atoms with Gasteiger partial charge < -0.3 is 0 Å². The van der Waals surface area contributed by atoms with E-state index in [2.05, 4.69) is 69.3 Å². The van der Waals surface area contributed by atoms with Crippen LogP contribution in [0.4, 0.5) is 0 Å². The Bertz CT molecular complexity index is 485. The second-order valence-corrected chi connectivity index (χ2v) is 4.98. The molecule has 0 radical (unpaired) electrons. The third-order valence-electron chi connectivity index (χ3n) is 3.18. The van der Waals surface area contributed by atoms with E-state index in [-0.39, 0.29) is 0 Å². The van der Waals surface area contributed by atoms with Crippen LogP contribution in [0.1, 0.15) is 44.2 Å². The van der Waals surface area contributed by atoms with Crippen molar-refractivity contribution >= 4 is 5.57 Å². The Kier molecular flexibility index (Phi) is 3.63. The number of allylic oxidation sites excluding steroid dienone is 6. The van der Waals surface area contributed by atoms with Gasteiger partial charge in [-0.2, -0.15) is 0 Å². The van der Waals surface area contributed by atoms with Crippen LogP contribution in [0.2, 0.25) is 0 Å². The van der Waals surface area contributed by atoms with Gasteiger partial charge in [0, 0.05) is 0 Å². The summed E-state index contributed by atoms with van der Waals surface area (Å²) < 4.78 is 0. The van der Waals surface area contributed by atoms with Crippen LogP contribution in [-0.2, 0) is 0 Å². The molecular formula is C17H20. The van der Waals surface area contributed by atoms with Gasteiger partial charge in [-0.05, 0) is 36.0 Å². The third kappa shape index (κ3) is 2.76. The van der Waals surface area contributed by atoms with E-state index >= 15 is 0 Å². The van der Waals surface area contributed by atoms with E-state index in [0.717, 1.165) is 6.42 Å². The summed E-state index contributed by atoms with van der Waals surface area (Å²) >= 11 is 0. The number of hydrogen-bond donors (Lipinski definition) is 0. The Morgan fingerprint density at radius 2 is 1.82 bits per heavy atom. The summed E-state index contributed by atoms with van der Waals surface area (Å²) in [7, 11) is 0. The summed E-state index contributed by atoms with van der Waals surface area (Å²) in [6.45, 7) is 6.68. The Labute approximate surface area is 104 Å². The zero-order valence-electron chi connectivity index (χ0n) is 10.9. The molecule has 0 saturated carbocycles. The molecule has 1 aromatic carbocycles. The highest BCUT2D eigenvalue weighted by atomic mass is 14.1. The molecule has 0 bridgehead atoms. The van der Waals surface area contributed by atoms with Crippen LogP contribution < -0.4 is 0 Å². The van der Waals surface area contributed by atoms with Crippen molar-refractivity contribution in [3.63, 3.8) is 0 Å². The monoisotopic (exact) mass is 224 g/mol. The van der Waals surface area contributed by atoms with E-state index in [1.54, 1.807) is 0 Å². The van der Waals surface area contributed by atoms with Crippen molar-refractivity contribution in [1.82, 2.24) is 0 Å². The second kappa shape index (κ2) is 5.18. The zero-order chi connectivity index (χ0) is 12.3. The lowest BCUT2D eigenvalue weighted by Gasteiger charge is -2.13. The van der Waals surface area contributed by atoms with Crippen LogP contribution >= 0.6 is 0 Å². The average Bonchev–Trinajstić information content (AvgIpc) is 2.54. The molecule has 0 amide bonds. The summed E-state index contributed by atoms with van der Waals surface area (Å²) in [6, 6.07) is 8.70.